The molecule has 0 unspecified atom stereocenters. The number of rotatable bonds is 2. The van der Waals surface area contributed by atoms with Gasteiger partial charge >= 0.3 is 0 Å². The number of aryl methyl sites for hydroxylation is 1. The molecule has 4 nitrogen and oxygen atoms in total. The van der Waals surface area contributed by atoms with Gasteiger partial charge < -0.3 is 15.1 Å². The minimum atomic E-state index is -0.0415. The van der Waals surface area contributed by atoms with E-state index in [9.17, 15) is 4.79 Å². The standard InChI is InChI=1S/C13H19BrN2O2/c1-8-7-11(14)18-12(8)13(17)16-6-4-3-5-10(16)9(2)15/h7,9-10H,3-6,15H2,1-2H3/t9-,10-/m1/s1. The molecule has 1 aromatic rings. The number of hydrogen-bond donors (Lipinski definition) is 1. The Balaban J connectivity index is 2.23. The fraction of sp³-hybridized carbons (Fsp3) is 0.615. The van der Waals surface area contributed by atoms with Crippen LogP contribution < -0.4 is 5.73 Å². The van der Waals surface area contributed by atoms with Crippen LogP contribution in [0, 0.1) is 6.92 Å². The molecule has 1 amide bonds. The van der Waals surface area contributed by atoms with Crippen LogP contribution in [0.2, 0.25) is 0 Å². The van der Waals surface area contributed by atoms with E-state index in [1.807, 2.05) is 24.8 Å². The number of hydrogen-bond acceptors (Lipinski definition) is 3. The van der Waals surface area contributed by atoms with Crippen molar-refractivity contribution in [1.29, 1.82) is 0 Å². The van der Waals surface area contributed by atoms with Crippen LogP contribution in [0.3, 0.4) is 0 Å². The Morgan fingerprint density at radius 2 is 2.33 bits per heavy atom. The Hall–Kier alpha value is -0.810. The van der Waals surface area contributed by atoms with Crippen LogP contribution in [0.1, 0.15) is 42.3 Å². The Morgan fingerprint density at radius 3 is 2.89 bits per heavy atom. The number of carbonyl (C=O) groups is 1. The average molecular weight is 315 g/mol. The van der Waals surface area contributed by atoms with Crippen molar-refractivity contribution in [1.82, 2.24) is 4.90 Å². The van der Waals surface area contributed by atoms with Crippen molar-refractivity contribution in [3.8, 4) is 0 Å². The maximum absolute atomic E-state index is 12.5. The van der Waals surface area contributed by atoms with Gasteiger partial charge in [0.25, 0.3) is 5.91 Å². The van der Waals surface area contributed by atoms with Crippen LogP contribution in [0.15, 0.2) is 15.2 Å². The summed E-state index contributed by atoms with van der Waals surface area (Å²) in [5.41, 5.74) is 6.84. The molecule has 0 bridgehead atoms. The normalized spacial score (nSPS) is 22.0. The third kappa shape index (κ3) is 2.62. The van der Waals surface area contributed by atoms with E-state index in [1.54, 1.807) is 0 Å². The van der Waals surface area contributed by atoms with Crippen LogP contribution in [0.4, 0.5) is 0 Å². The van der Waals surface area contributed by atoms with Crippen molar-refractivity contribution in [2.75, 3.05) is 6.54 Å². The Kier molecular flexibility index (Phi) is 4.12. The van der Waals surface area contributed by atoms with Crippen LogP contribution in [-0.2, 0) is 0 Å². The van der Waals surface area contributed by atoms with E-state index in [1.165, 1.54) is 0 Å². The van der Waals surface area contributed by atoms with Crippen molar-refractivity contribution in [3.63, 3.8) is 0 Å². The highest BCUT2D eigenvalue weighted by Gasteiger charge is 2.32. The monoisotopic (exact) mass is 314 g/mol. The highest BCUT2D eigenvalue weighted by atomic mass is 79.9. The Bertz CT molecular complexity index is 442. The van der Waals surface area contributed by atoms with Gasteiger partial charge in [-0.25, -0.2) is 0 Å². The molecule has 1 aliphatic heterocycles. The number of amides is 1. The molecule has 1 aliphatic rings. The molecular weight excluding hydrogens is 296 g/mol. The second-order valence-electron chi connectivity index (χ2n) is 4.98. The summed E-state index contributed by atoms with van der Waals surface area (Å²) in [6.45, 7) is 4.61. The maximum atomic E-state index is 12.5. The first-order chi connectivity index (χ1) is 8.50. The van der Waals surface area contributed by atoms with Gasteiger partial charge in [-0.3, -0.25) is 4.79 Å². The van der Waals surface area contributed by atoms with Crippen molar-refractivity contribution in [2.45, 2.75) is 45.2 Å². The minimum Gasteiger partial charge on any atom is -0.444 e. The van der Waals surface area contributed by atoms with E-state index < -0.39 is 0 Å². The third-order valence-electron chi connectivity index (χ3n) is 3.50. The lowest BCUT2D eigenvalue weighted by Crippen LogP contribution is -2.51. The zero-order chi connectivity index (χ0) is 13.3. The number of halogens is 1. The van der Waals surface area contributed by atoms with Gasteiger partial charge in [-0.1, -0.05) is 0 Å². The largest absolute Gasteiger partial charge is 0.444 e. The SMILES string of the molecule is Cc1cc(Br)oc1C(=O)N1CCCC[C@@H]1[C@@H](C)N. The number of carbonyl (C=O) groups excluding carboxylic acids is 1. The summed E-state index contributed by atoms with van der Waals surface area (Å²) in [6, 6.07) is 1.93. The van der Waals surface area contributed by atoms with Crippen LogP contribution in [0.25, 0.3) is 0 Å². The van der Waals surface area contributed by atoms with E-state index in [0.29, 0.717) is 10.4 Å². The lowest BCUT2D eigenvalue weighted by atomic mass is 9.96. The Morgan fingerprint density at radius 1 is 1.61 bits per heavy atom. The topological polar surface area (TPSA) is 59.5 Å². The van der Waals surface area contributed by atoms with E-state index in [0.717, 1.165) is 31.4 Å². The van der Waals surface area contributed by atoms with E-state index >= 15 is 0 Å². The van der Waals surface area contributed by atoms with E-state index in [-0.39, 0.29) is 18.0 Å². The first-order valence-corrected chi connectivity index (χ1v) is 7.12. The van der Waals surface area contributed by atoms with Crippen LogP contribution in [0.5, 0.6) is 0 Å². The second kappa shape index (κ2) is 5.45. The minimum absolute atomic E-state index is 0.00652. The zero-order valence-corrected chi connectivity index (χ0v) is 12.4. The molecule has 2 atom stereocenters. The molecule has 0 aromatic carbocycles. The molecule has 2 N–H and O–H groups in total. The molecule has 0 saturated carbocycles. The molecule has 2 heterocycles. The van der Waals surface area contributed by atoms with Crippen LogP contribution in [-0.4, -0.2) is 29.4 Å². The van der Waals surface area contributed by atoms with Gasteiger partial charge in [-0.2, -0.15) is 0 Å². The average Bonchev–Trinajstić information content (AvgIpc) is 2.67. The summed E-state index contributed by atoms with van der Waals surface area (Å²) in [7, 11) is 0. The lowest BCUT2D eigenvalue weighted by molar-refractivity contribution is 0.0549. The zero-order valence-electron chi connectivity index (χ0n) is 10.8. The van der Waals surface area contributed by atoms with Gasteiger partial charge in [0.1, 0.15) is 0 Å². The summed E-state index contributed by atoms with van der Waals surface area (Å²) in [6.07, 6.45) is 3.15. The highest BCUT2D eigenvalue weighted by molar-refractivity contribution is 9.10. The predicted octanol–water partition coefficient (Wildman–Crippen LogP) is 2.69. The van der Waals surface area contributed by atoms with Crippen molar-refractivity contribution in [3.05, 3.63) is 22.1 Å². The molecule has 1 fully saturated rings. The number of likely N-dealkylation sites (tertiary alicyclic amines) is 1. The van der Waals surface area contributed by atoms with Crippen molar-refractivity contribution in [2.24, 2.45) is 5.73 Å². The van der Waals surface area contributed by atoms with Crippen molar-refractivity contribution < 1.29 is 9.21 Å². The number of furan rings is 1. The molecule has 1 aromatic heterocycles. The number of nitrogens with zero attached hydrogens (tertiary/aromatic N) is 1. The quantitative estimate of drug-likeness (QED) is 0.913. The first kappa shape index (κ1) is 13.6. The molecular formula is C13H19BrN2O2. The van der Waals surface area contributed by atoms with E-state index in [2.05, 4.69) is 15.9 Å². The summed E-state index contributed by atoms with van der Waals surface area (Å²) in [5, 5.41) is 0. The van der Waals surface area contributed by atoms with Gasteiger partial charge in [0.05, 0.1) is 0 Å². The Labute approximate surface area is 116 Å². The van der Waals surface area contributed by atoms with Gasteiger partial charge in [0.2, 0.25) is 0 Å². The maximum Gasteiger partial charge on any atom is 0.290 e. The lowest BCUT2D eigenvalue weighted by Gasteiger charge is -2.37. The number of nitrogens with two attached hydrogens (primary N) is 1. The fourth-order valence-corrected chi connectivity index (χ4v) is 3.05. The van der Waals surface area contributed by atoms with Gasteiger partial charge in [0, 0.05) is 24.2 Å². The van der Waals surface area contributed by atoms with Crippen molar-refractivity contribution >= 4 is 21.8 Å². The molecule has 1 saturated heterocycles. The van der Waals surface area contributed by atoms with Gasteiger partial charge in [0.15, 0.2) is 10.4 Å². The first-order valence-electron chi connectivity index (χ1n) is 6.33. The number of piperidine rings is 1. The molecule has 0 aliphatic carbocycles. The summed E-state index contributed by atoms with van der Waals surface area (Å²) in [5.74, 6) is 0.384. The molecule has 0 spiro atoms. The van der Waals surface area contributed by atoms with Gasteiger partial charge in [-0.15, -0.1) is 0 Å². The fourth-order valence-electron chi connectivity index (χ4n) is 2.54. The summed E-state index contributed by atoms with van der Waals surface area (Å²) >= 11 is 3.26. The van der Waals surface area contributed by atoms with Gasteiger partial charge in [-0.05, 0) is 55.1 Å². The van der Waals surface area contributed by atoms with Crippen LogP contribution >= 0.6 is 15.9 Å². The molecule has 2 rings (SSSR count). The highest BCUT2D eigenvalue weighted by Crippen LogP contribution is 2.25. The summed E-state index contributed by atoms with van der Waals surface area (Å²) < 4.78 is 6.04. The third-order valence-corrected chi connectivity index (χ3v) is 3.89. The van der Waals surface area contributed by atoms with E-state index in [4.69, 9.17) is 10.2 Å². The summed E-state index contributed by atoms with van der Waals surface area (Å²) in [4.78, 5) is 14.4. The molecule has 5 heteroatoms. The molecule has 100 valence electrons. The smallest absolute Gasteiger partial charge is 0.290 e. The second-order valence-corrected chi connectivity index (χ2v) is 5.77. The predicted molar refractivity (Wildman–Crippen MR) is 73.5 cm³/mol. The molecule has 18 heavy (non-hydrogen) atoms. The molecule has 0 radical (unpaired) electrons.